The Kier molecular flexibility index (Phi) is 6.29. The Bertz CT molecular complexity index is 655. The average molecular weight is 332 g/mol. The van der Waals surface area contributed by atoms with Crippen LogP contribution in [0.4, 0.5) is 0 Å². The fourth-order valence-corrected chi connectivity index (χ4v) is 2.80. The number of esters is 1. The second kappa shape index (κ2) is 8.43. The van der Waals surface area contributed by atoms with Gasteiger partial charge in [-0.25, -0.2) is 9.78 Å². The number of carbonyl (C=O) groups is 2. The molecule has 2 rings (SSSR count). The van der Waals surface area contributed by atoms with E-state index in [0.717, 1.165) is 10.6 Å². The highest BCUT2D eigenvalue weighted by molar-refractivity contribution is 7.09. The minimum atomic E-state index is -0.690. The molecule has 0 bridgehead atoms. The molecule has 1 heterocycles. The van der Waals surface area contributed by atoms with Gasteiger partial charge in [0.2, 0.25) is 5.91 Å². The van der Waals surface area contributed by atoms with Crippen LogP contribution in [0.2, 0.25) is 0 Å². The zero-order valence-corrected chi connectivity index (χ0v) is 14.1. The lowest BCUT2D eigenvalue weighted by Crippen LogP contribution is -2.44. The summed E-state index contributed by atoms with van der Waals surface area (Å²) in [5, 5.41) is 5.53. The number of aryl methyl sites for hydroxylation is 1. The second-order valence-electron chi connectivity index (χ2n) is 5.10. The molecule has 1 amide bonds. The van der Waals surface area contributed by atoms with Crippen LogP contribution in [-0.2, 0) is 27.2 Å². The lowest BCUT2D eigenvalue weighted by molar-refractivity contribution is -0.147. The summed E-state index contributed by atoms with van der Waals surface area (Å²) in [4.78, 5) is 28.5. The van der Waals surface area contributed by atoms with Crippen LogP contribution in [0.25, 0.3) is 0 Å². The number of nitrogens with one attached hydrogen (secondary N) is 1. The molecule has 0 unspecified atom stereocenters. The van der Waals surface area contributed by atoms with Gasteiger partial charge in [-0.15, -0.1) is 11.3 Å². The number of thiazole rings is 1. The maximum Gasteiger partial charge on any atom is 0.328 e. The first-order valence-electron chi connectivity index (χ1n) is 7.49. The molecule has 0 saturated heterocycles. The van der Waals surface area contributed by atoms with Crippen molar-refractivity contribution in [2.24, 2.45) is 0 Å². The monoisotopic (exact) mass is 332 g/mol. The third-order valence-electron chi connectivity index (χ3n) is 3.20. The van der Waals surface area contributed by atoms with Crippen molar-refractivity contribution in [3.05, 3.63) is 52.0 Å². The molecular formula is C17H20N2O3S. The number of nitrogens with zero attached hydrogens (tertiary/aromatic N) is 1. The van der Waals surface area contributed by atoms with Crippen molar-refractivity contribution in [1.29, 1.82) is 0 Å². The van der Waals surface area contributed by atoms with E-state index in [-0.39, 0.29) is 18.9 Å². The molecule has 0 aliphatic carbocycles. The van der Waals surface area contributed by atoms with Gasteiger partial charge in [-0.3, -0.25) is 4.79 Å². The van der Waals surface area contributed by atoms with Gasteiger partial charge in [0.1, 0.15) is 6.04 Å². The molecule has 122 valence electrons. The van der Waals surface area contributed by atoms with Crippen LogP contribution in [0.15, 0.2) is 35.7 Å². The number of aromatic nitrogens is 1. The summed E-state index contributed by atoms with van der Waals surface area (Å²) in [5.74, 6) is -0.650. The van der Waals surface area contributed by atoms with Crippen molar-refractivity contribution in [1.82, 2.24) is 10.3 Å². The van der Waals surface area contributed by atoms with Gasteiger partial charge in [-0.1, -0.05) is 30.3 Å². The molecule has 0 radical (unpaired) electrons. The van der Waals surface area contributed by atoms with Crippen LogP contribution in [-0.4, -0.2) is 29.5 Å². The van der Waals surface area contributed by atoms with Crippen LogP contribution in [0.3, 0.4) is 0 Å². The Hall–Kier alpha value is -2.21. The fraction of sp³-hybridized carbons (Fsp3) is 0.353. The smallest absolute Gasteiger partial charge is 0.328 e. The van der Waals surface area contributed by atoms with Crippen molar-refractivity contribution in [2.45, 2.75) is 32.7 Å². The minimum absolute atomic E-state index is 0.162. The summed E-state index contributed by atoms with van der Waals surface area (Å²) in [6.07, 6.45) is 0.566. The van der Waals surface area contributed by atoms with Gasteiger partial charge in [0.05, 0.1) is 23.7 Å². The van der Waals surface area contributed by atoms with E-state index >= 15 is 0 Å². The van der Waals surface area contributed by atoms with E-state index in [1.807, 2.05) is 42.6 Å². The van der Waals surface area contributed by atoms with E-state index in [1.165, 1.54) is 11.3 Å². The summed E-state index contributed by atoms with van der Waals surface area (Å²) in [6, 6.07) is 8.86. The Morgan fingerprint density at radius 3 is 2.65 bits per heavy atom. The van der Waals surface area contributed by atoms with Gasteiger partial charge in [-0.2, -0.15) is 0 Å². The molecule has 1 N–H and O–H groups in total. The first-order valence-corrected chi connectivity index (χ1v) is 8.37. The normalized spacial score (nSPS) is 11.7. The lowest BCUT2D eigenvalue weighted by Gasteiger charge is -2.17. The Morgan fingerprint density at radius 2 is 2.04 bits per heavy atom. The lowest BCUT2D eigenvalue weighted by atomic mass is 10.1. The van der Waals surface area contributed by atoms with E-state index in [1.54, 1.807) is 6.92 Å². The van der Waals surface area contributed by atoms with Crippen LogP contribution in [0.5, 0.6) is 0 Å². The number of rotatable bonds is 7. The first kappa shape index (κ1) is 17.1. The van der Waals surface area contributed by atoms with Gasteiger partial charge in [0.25, 0.3) is 0 Å². The molecule has 0 fully saturated rings. The van der Waals surface area contributed by atoms with Crippen LogP contribution in [0.1, 0.15) is 23.2 Å². The summed E-state index contributed by atoms with van der Waals surface area (Å²) < 4.78 is 5.06. The maximum atomic E-state index is 12.2. The largest absolute Gasteiger partial charge is 0.464 e. The Morgan fingerprint density at radius 1 is 1.30 bits per heavy atom. The van der Waals surface area contributed by atoms with Gasteiger partial charge in [0, 0.05) is 11.8 Å². The molecule has 1 aromatic heterocycles. The first-order chi connectivity index (χ1) is 11.1. The summed E-state index contributed by atoms with van der Waals surface area (Å²) in [6.45, 7) is 3.92. The average Bonchev–Trinajstić information content (AvgIpc) is 2.93. The molecule has 0 saturated carbocycles. The number of hydrogen-bond acceptors (Lipinski definition) is 5. The number of benzene rings is 1. The van der Waals surface area contributed by atoms with Gasteiger partial charge < -0.3 is 10.1 Å². The molecular weight excluding hydrogens is 312 g/mol. The van der Waals surface area contributed by atoms with Crippen molar-refractivity contribution in [2.75, 3.05) is 6.61 Å². The zero-order chi connectivity index (χ0) is 16.7. The second-order valence-corrected chi connectivity index (χ2v) is 6.16. The highest BCUT2D eigenvalue weighted by atomic mass is 32.1. The Labute approximate surface area is 139 Å². The van der Waals surface area contributed by atoms with Crippen LogP contribution < -0.4 is 5.32 Å². The molecule has 1 atom stereocenters. The molecule has 0 aliphatic rings. The SMILES string of the molecule is CCOC(=O)[C@H](Cc1ccccc1)NC(=O)Cc1csc(C)n1. The van der Waals surface area contributed by atoms with Crippen LogP contribution in [0, 0.1) is 6.92 Å². The van der Waals surface area contributed by atoms with Gasteiger partial charge >= 0.3 is 5.97 Å². The third kappa shape index (κ3) is 5.49. The Balaban J connectivity index is 2.01. The molecule has 0 spiro atoms. The molecule has 23 heavy (non-hydrogen) atoms. The molecule has 6 heteroatoms. The van der Waals surface area contributed by atoms with Crippen molar-refractivity contribution < 1.29 is 14.3 Å². The summed E-state index contributed by atoms with van der Waals surface area (Å²) in [7, 11) is 0. The molecule has 1 aromatic carbocycles. The zero-order valence-electron chi connectivity index (χ0n) is 13.2. The van der Waals surface area contributed by atoms with Gasteiger partial charge in [-0.05, 0) is 19.4 Å². The van der Waals surface area contributed by atoms with E-state index in [4.69, 9.17) is 4.74 Å². The van der Waals surface area contributed by atoms with E-state index in [2.05, 4.69) is 10.3 Å². The molecule has 2 aromatic rings. The predicted octanol–water partition coefficient (Wildman–Crippen LogP) is 2.28. The number of carbonyl (C=O) groups excluding carboxylic acids is 2. The summed E-state index contributed by atoms with van der Waals surface area (Å²) >= 11 is 1.50. The highest BCUT2D eigenvalue weighted by Crippen LogP contribution is 2.09. The quantitative estimate of drug-likeness (QED) is 0.790. The molecule has 0 aliphatic heterocycles. The molecule has 5 nitrogen and oxygen atoms in total. The van der Waals surface area contributed by atoms with Crippen molar-refractivity contribution in [3.63, 3.8) is 0 Å². The van der Waals surface area contributed by atoms with Gasteiger partial charge in [0.15, 0.2) is 0 Å². The fourth-order valence-electron chi connectivity index (χ4n) is 2.19. The number of ether oxygens (including phenoxy) is 1. The topological polar surface area (TPSA) is 68.3 Å². The minimum Gasteiger partial charge on any atom is -0.464 e. The maximum absolute atomic E-state index is 12.2. The summed E-state index contributed by atoms with van der Waals surface area (Å²) in [5.41, 5.74) is 1.68. The van der Waals surface area contributed by atoms with E-state index < -0.39 is 12.0 Å². The number of amides is 1. The van der Waals surface area contributed by atoms with Crippen molar-refractivity contribution in [3.8, 4) is 0 Å². The van der Waals surface area contributed by atoms with Crippen molar-refractivity contribution >= 4 is 23.2 Å². The van der Waals surface area contributed by atoms with Crippen LogP contribution >= 0.6 is 11.3 Å². The standard InChI is InChI=1S/C17H20N2O3S/c1-3-22-17(21)15(9-13-7-5-4-6-8-13)19-16(20)10-14-11-23-12(2)18-14/h4-8,11,15H,3,9-10H2,1-2H3,(H,19,20)/t15-/m0/s1. The van der Waals surface area contributed by atoms with E-state index in [9.17, 15) is 9.59 Å². The third-order valence-corrected chi connectivity index (χ3v) is 4.02. The number of hydrogen-bond donors (Lipinski definition) is 1. The van der Waals surface area contributed by atoms with E-state index in [0.29, 0.717) is 12.1 Å². The predicted molar refractivity (Wildman–Crippen MR) is 89.3 cm³/mol. The highest BCUT2D eigenvalue weighted by Gasteiger charge is 2.22.